The number of nitrogens with zero attached hydrogens (tertiary/aromatic N) is 1. The van der Waals surface area contributed by atoms with E-state index in [0.717, 1.165) is 22.6 Å². The first-order valence-corrected chi connectivity index (χ1v) is 12.5. The predicted molar refractivity (Wildman–Crippen MR) is 141 cm³/mol. The molecular formula is C26H19N3O6S2. The van der Waals surface area contributed by atoms with Crippen molar-refractivity contribution >= 4 is 57.7 Å². The summed E-state index contributed by atoms with van der Waals surface area (Å²) in [6.07, 6.45) is 1.61. The van der Waals surface area contributed by atoms with Gasteiger partial charge in [-0.15, -0.1) is 23.1 Å². The van der Waals surface area contributed by atoms with E-state index >= 15 is 0 Å². The number of carbonyl (C=O) groups is 4. The average molecular weight is 534 g/mol. The molecule has 0 spiro atoms. The van der Waals surface area contributed by atoms with Crippen LogP contribution in [0.1, 0.15) is 41.9 Å². The van der Waals surface area contributed by atoms with Gasteiger partial charge in [-0.05, 0) is 48.0 Å². The van der Waals surface area contributed by atoms with Gasteiger partial charge in [0.2, 0.25) is 5.91 Å². The van der Waals surface area contributed by atoms with Gasteiger partial charge in [-0.1, -0.05) is 30.3 Å². The van der Waals surface area contributed by atoms with Gasteiger partial charge in [-0.3, -0.25) is 9.59 Å². The molecule has 4 aromatic rings. The summed E-state index contributed by atoms with van der Waals surface area (Å²) in [5.74, 6) is -3.63. The van der Waals surface area contributed by atoms with Crippen LogP contribution in [-0.2, 0) is 4.79 Å². The summed E-state index contributed by atoms with van der Waals surface area (Å²) < 4.78 is 0. The maximum Gasteiger partial charge on any atom is 0.336 e. The largest absolute Gasteiger partial charge is 0.478 e. The van der Waals surface area contributed by atoms with Crippen LogP contribution in [-0.4, -0.2) is 39.0 Å². The number of amides is 2. The van der Waals surface area contributed by atoms with Crippen LogP contribution in [0.3, 0.4) is 0 Å². The molecule has 0 saturated carbocycles. The molecule has 4 N–H and O–H groups in total. The number of carboxylic acids is 2. The van der Waals surface area contributed by atoms with Crippen LogP contribution in [0.15, 0.2) is 89.3 Å². The number of carbonyl (C=O) groups excluding carboxylic acids is 2. The van der Waals surface area contributed by atoms with Gasteiger partial charge >= 0.3 is 11.9 Å². The molecule has 1 atom stereocenters. The Hall–Kier alpha value is -4.48. The first kappa shape index (κ1) is 25.6. The van der Waals surface area contributed by atoms with Gasteiger partial charge in [-0.2, -0.15) is 0 Å². The van der Waals surface area contributed by atoms with Crippen LogP contribution >= 0.6 is 23.1 Å². The van der Waals surface area contributed by atoms with Crippen molar-refractivity contribution in [1.29, 1.82) is 0 Å². The Labute approximate surface area is 219 Å². The fourth-order valence-electron chi connectivity index (χ4n) is 3.36. The zero-order valence-electron chi connectivity index (χ0n) is 19.0. The van der Waals surface area contributed by atoms with E-state index in [1.54, 1.807) is 35.8 Å². The molecule has 0 aliphatic rings. The van der Waals surface area contributed by atoms with Gasteiger partial charge in [0.25, 0.3) is 5.91 Å². The minimum atomic E-state index is -1.41. The second-order valence-corrected chi connectivity index (χ2v) is 9.66. The third kappa shape index (κ3) is 6.40. The van der Waals surface area contributed by atoms with Crippen molar-refractivity contribution in [1.82, 2.24) is 4.98 Å². The zero-order valence-corrected chi connectivity index (χ0v) is 20.6. The molecule has 4 rings (SSSR count). The molecule has 0 fully saturated rings. The van der Waals surface area contributed by atoms with E-state index < -0.39 is 28.7 Å². The van der Waals surface area contributed by atoms with E-state index in [4.69, 9.17) is 5.11 Å². The Morgan fingerprint density at radius 2 is 1.57 bits per heavy atom. The number of anilines is 2. The van der Waals surface area contributed by atoms with E-state index in [1.165, 1.54) is 29.2 Å². The fraction of sp³-hybridized carbons (Fsp3) is 0.0385. The van der Waals surface area contributed by atoms with Crippen LogP contribution in [0.2, 0.25) is 0 Å². The Bertz CT molecular complexity index is 1440. The lowest BCUT2D eigenvalue weighted by molar-refractivity contribution is -0.115. The van der Waals surface area contributed by atoms with Gasteiger partial charge in [0.1, 0.15) is 5.25 Å². The Morgan fingerprint density at radius 3 is 2.19 bits per heavy atom. The van der Waals surface area contributed by atoms with Crippen molar-refractivity contribution < 1.29 is 29.4 Å². The average Bonchev–Trinajstić information content (AvgIpc) is 3.41. The van der Waals surface area contributed by atoms with Crippen LogP contribution in [0.5, 0.6) is 0 Å². The lowest BCUT2D eigenvalue weighted by Crippen LogP contribution is -2.19. The molecular weight excluding hydrogens is 514 g/mol. The molecule has 9 nitrogen and oxygen atoms in total. The van der Waals surface area contributed by atoms with Gasteiger partial charge < -0.3 is 20.8 Å². The molecule has 3 aromatic carbocycles. The molecule has 1 unspecified atom stereocenters. The first-order chi connectivity index (χ1) is 17.8. The topological polar surface area (TPSA) is 146 Å². The number of carboxylic acid groups (broad SMARTS) is 2. The number of hydrogen-bond acceptors (Lipinski definition) is 7. The number of rotatable bonds is 9. The molecule has 186 valence electrons. The normalized spacial score (nSPS) is 11.4. The maximum atomic E-state index is 13.0. The van der Waals surface area contributed by atoms with Crippen molar-refractivity contribution in [2.45, 2.75) is 10.1 Å². The monoisotopic (exact) mass is 533 g/mol. The summed E-state index contributed by atoms with van der Waals surface area (Å²) in [6, 6.07) is 19.3. The minimum Gasteiger partial charge on any atom is -0.478 e. The summed E-state index contributed by atoms with van der Waals surface area (Å²) in [4.78, 5) is 53.3. The van der Waals surface area contributed by atoms with Crippen molar-refractivity contribution in [3.05, 3.63) is 107 Å². The third-order valence-corrected chi connectivity index (χ3v) is 7.07. The van der Waals surface area contributed by atoms with Gasteiger partial charge in [0, 0.05) is 22.2 Å². The van der Waals surface area contributed by atoms with Gasteiger partial charge in [0.15, 0.2) is 5.13 Å². The Balaban J connectivity index is 1.50. The third-order valence-electron chi connectivity index (χ3n) is 5.11. The molecule has 1 aromatic heterocycles. The van der Waals surface area contributed by atoms with Crippen LogP contribution < -0.4 is 10.6 Å². The number of aromatic nitrogens is 1. The highest BCUT2D eigenvalue weighted by atomic mass is 32.2. The second kappa shape index (κ2) is 11.5. The van der Waals surface area contributed by atoms with Crippen LogP contribution in [0, 0.1) is 0 Å². The SMILES string of the molecule is O=C(O)c1ccc(C(=O)Nc2ccc(SC(C(=O)Nc3nccs3)c3ccccc3)cc2)c(C(=O)O)c1. The number of benzene rings is 3. The van der Waals surface area contributed by atoms with Gasteiger partial charge in [0.05, 0.1) is 16.7 Å². The minimum absolute atomic E-state index is 0.168. The standard InChI is InChI=1S/C26H19N3O6S2/c30-22(19-11-6-16(24(32)33)14-20(19)25(34)35)28-17-7-9-18(10-8-17)37-21(15-4-2-1-3-5-15)23(31)29-26-27-12-13-36-26/h1-14,21H,(H,28,30)(H,32,33)(H,34,35)(H,27,29,31). The van der Waals surface area contributed by atoms with E-state index in [1.807, 2.05) is 30.3 Å². The van der Waals surface area contributed by atoms with Crippen molar-refractivity contribution in [2.24, 2.45) is 0 Å². The molecule has 0 aliphatic carbocycles. The number of aromatic carboxylic acids is 2. The highest BCUT2D eigenvalue weighted by Gasteiger charge is 2.23. The highest BCUT2D eigenvalue weighted by molar-refractivity contribution is 8.00. The first-order valence-electron chi connectivity index (χ1n) is 10.8. The highest BCUT2D eigenvalue weighted by Crippen LogP contribution is 2.37. The molecule has 2 amide bonds. The van der Waals surface area contributed by atoms with E-state index in [0.29, 0.717) is 10.8 Å². The molecule has 11 heteroatoms. The summed E-state index contributed by atoms with van der Waals surface area (Å²) >= 11 is 2.65. The smallest absolute Gasteiger partial charge is 0.336 e. The molecule has 0 radical (unpaired) electrons. The van der Waals surface area contributed by atoms with Crippen LogP contribution in [0.25, 0.3) is 0 Å². The van der Waals surface area contributed by atoms with Crippen molar-refractivity contribution in [3.8, 4) is 0 Å². The summed E-state index contributed by atoms with van der Waals surface area (Å²) in [5.41, 5.74) is 0.393. The number of hydrogen-bond donors (Lipinski definition) is 4. The number of nitrogens with one attached hydrogen (secondary N) is 2. The van der Waals surface area contributed by atoms with Crippen molar-refractivity contribution in [3.63, 3.8) is 0 Å². The maximum absolute atomic E-state index is 13.0. The number of thioether (sulfide) groups is 1. The van der Waals surface area contributed by atoms with E-state index in [9.17, 15) is 24.3 Å². The quantitative estimate of drug-likeness (QED) is 0.213. The Kier molecular flexibility index (Phi) is 7.96. The summed E-state index contributed by atoms with van der Waals surface area (Å²) in [6.45, 7) is 0. The number of thiazole rings is 1. The molecule has 0 saturated heterocycles. The molecule has 1 heterocycles. The summed E-state index contributed by atoms with van der Waals surface area (Å²) in [7, 11) is 0. The zero-order chi connectivity index (χ0) is 26.4. The lowest BCUT2D eigenvalue weighted by atomic mass is 10.0. The molecule has 0 aliphatic heterocycles. The van der Waals surface area contributed by atoms with Crippen molar-refractivity contribution in [2.75, 3.05) is 10.6 Å². The predicted octanol–water partition coefficient (Wildman–Crippen LogP) is 5.26. The second-order valence-electron chi connectivity index (χ2n) is 7.58. The Morgan fingerprint density at radius 1 is 0.838 bits per heavy atom. The van der Waals surface area contributed by atoms with Gasteiger partial charge in [-0.25, -0.2) is 14.6 Å². The molecule has 0 bridgehead atoms. The fourth-order valence-corrected chi connectivity index (χ4v) is 4.92. The van der Waals surface area contributed by atoms with E-state index in [2.05, 4.69) is 15.6 Å². The van der Waals surface area contributed by atoms with E-state index in [-0.39, 0.29) is 17.0 Å². The van der Waals surface area contributed by atoms with Crippen LogP contribution in [0.4, 0.5) is 10.8 Å². The lowest BCUT2D eigenvalue weighted by Gasteiger charge is -2.16. The molecule has 37 heavy (non-hydrogen) atoms. The summed E-state index contributed by atoms with van der Waals surface area (Å²) in [5, 5.41) is 25.7.